The Bertz CT molecular complexity index is 1150. The predicted octanol–water partition coefficient (Wildman–Crippen LogP) is 3.46. The van der Waals surface area contributed by atoms with Crippen LogP contribution in [0.3, 0.4) is 0 Å². The molecular formula is C22H20N4O2. The van der Waals surface area contributed by atoms with Gasteiger partial charge in [0.2, 0.25) is 0 Å². The van der Waals surface area contributed by atoms with E-state index < -0.39 is 0 Å². The molecule has 1 atom stereocenters. The molecule has 1 unspecified atom stereocenters. The van der Waals surface area contributed by atoms with Gasteiger partial charge in [-0.1, -0.05) is 36.4 Å². The maximum absolute atomic E-state index is 13.2. The monoisotopic (exact) mass is 372 g/mol. The van der Waals surface area contributed by atoms with Crippen molar-refractivity contribution in [3.05, 3.63) is 66.6 Å². The number of hydrogen-bond acceptors (Lipinski definition) is 4. The van der Waals surface area contributed by atoms with Crippen molar-refractivity contribution < 1.29 is 9.53 Å². The van der Waals surface area contributed by atoms with Gasteiger partial charge in [0.25, 0.3) is 5.91 Å². The number of rotatable bonds is 4. The summed E-state index contributed by atoms with van der Waals surface area (Å²) in [5, 5.41) is 3.83. The summed E-state index contributed by atoms with van der Waals surface area (Å²) in [6, 6.07) is 15.7. The molecule has 0 bridgehead atoms. The third-order valence-corrected chi connectivity index (χ3v) is 5.21. The Kier molecular flexibility index (Phi) is 4.25. The highest BCUT2D eigenvalue weighted by Gasteiger charge is 2.24. The second-order valence-electron chi connectivity index (χ2n) is 6.96. The van der Waals surface area contributed by atoms with E-state index in [-0.39, 0.29) is 12.0 Å². The van der Waals surface area contributed by atoms with Gasteiger partial charge in [0.1, 0.15) is 12.0 Å². The molecule has 0 saturated carbocycles. The van der Waals surface area contributed by atoms with Crippen LogP contribution in [-0.4, -0.2) is 39.5 Å². The first kappa shape index (κ1) is 16.9. The van der Waals surface area contributed by atoms with Gasteiger partial charge >= 0.3 is 0 Å². The van der Waals surface area contributed by atoms with Crippen molar-refractivity contribution in [2.75, 3.05) is 13.2 Å². The van der Waals surface area contributed by atoms with Crippen molar-refractivity contribution in [1.82, 2.24) is 19.7 Å². The van der Waals surface area contributed by atoms with E-state index in [1.165, 1.54) is 0 Å². The molecule has 4 heterocycles. The molecule has 1 aliphatic heterocycles. The lowest BCUT2D eigenvalue weighted by Gasteiger charge is -2.11. The molecule has 140 valence electrons. The van der Waals surface area contributed by atoms with Crippen molar-refractivity contribution in [1.29, 1.82) is 0 Å². The first-order valence-electron chi connectivity index (χ1n) is 9.52. The number of benzene rings is 1. The number of nitrogens with one attached hydrogen (secondary N) is 1. The van der Waals surface area contributed by atoms with Crippen molar-refractivity contribution in [2.24, 2.45) is 0 Å². The van der Waals surface area contributed by atoms with Crippen LogP contribution in [0.4, 0.5) is 0 Å². The maximum Gasteiger partial charge on any atom is 0.254 e. The molecule has 1 saturated heterocycles. The standard InChI is InChI=1S/C22H20N4O2/c27-22(23-13-16-9-6-12-28-16)18-17-10-4-5-11-26(17)21-19(18)20(24-14-25-21)15-7-2-1-3-8-15/h1-5,7-8,10-11,14,16H,6,9,12-13H2,(H,23,27). The van der Waals surface area contributed by atoms with Crippen LogP contribution in [0.1, 0.15) is 23.2 Å². The Labute approximate surface area is 162 Å². The molecule has 1 aromatic carbocycles. The summed E-state index contributed by atoms with van der Waals surface area (Å²) < 4.78 is 7.59. The molecule has 28 heavy (non-hydrogen) atoms. The van der Waals surface area contributed by atoms with E-state index in [0.717, 1.165) is 47.3 Å². The van der Waals surface area contributed by atoms with Crippen molar-refractivity contribution in [3.8, 4) is 11.3 Å². The van der Waals surface area contributed by atoms with Crippen LogP contribution in [0.15, 0.2) is 61.1 Å². The van der Waals surface area contributed by atoms with Crippen LogP contribution >= 0.6 is 0 Å². The van der Waals surface area contributed by atoms with Gasteiger partial charge in [0.05, 0.1) is 28.3 Å². The van der Waals surface area contributed by atoms with Crippen molar-refractivity contribution in [2.45, 2.75) is 18.9 Å². The summed E-state index contributed by atoms with van der Waals surface area (Å²) in [4.78, 5) is 22.2. The molecule has 6 nitrogen and oxygen atoms in total. The van der Waals surface area contributed by atoms with Crippen molar-refractivity contribution in [3.63, 3.8) is 0 Å². The number of ether oxygens (including phenoxy) is 1. The lowest BCUT2D eigenvalue weighted by atomic mass is 10.0. The van der Waals surface area contributed by atoms with Crippen LogP contribution in [-0.2, 0) is 4.74 Å². The Balaban J connectivity index is 1.68. The summed E-state index contributed by atoms with van der Waals surface area (Å²) in [5.41, 5.74) is 3.87. The van der Waals surface area contributed by atoms with Gasteiger partial charge < -0.3 is 14.5 Å². The normalized spacial score (nSPS) is 16.6. The van der Waals surface area contributed by atoms with Gasteiger partial charge in [0.15, 0.2) is 0 Å². The van der Waals surface area contributed by atoms with Gasteiger partial charge in [-0.3, -0.25) is 4.79 Å². The fourth-order valence-corrected chi connectivity index (χ4v) is 3.89. The van der Waals surface area contributed by atoms with Crippen LogP contribution in [0.25, 0.3) is 27.8 Å². The highest BCUT2D eigenvalue weighted by Crippen LogP contribution is 2.32. The van der Waals surface area contributed by atoms with Gasteiger partial charge in [-0.25, -0.2) is 9.97 Å². The van der Waals surface area contributed by atoms with E-state index in [2.05, 4.69) is 15.3 Å². The quantitative estimate of drug-likeness (QED) is 0.596. The molecule has 5 rings (SSSR count). The minimum atomic E-state index is -0.124. The molecule has 1 fully saturated rings. The maximum atomic E-state index is 13.2. The van der Waals surface area contributed by atoms with Gasteiger partial charge in [-0.15, -0.1) is 0 Å². The average molecular weight is 372 g/mol. The second-order valence-corrected chi connectivity index (χ2v) is 6.96. The zero-order valence-electron chi connectivity index (χ0n) is 15.3. The summed E-state index contributed by atoms with van der Waals surface area (Å²) in [6.45, 7) is 1.28. The average Bonchev–Trinajstić information content (AvgIpc) is 3.38. The predicted molar refractivity (Wildman–Crippen MR) is 107 cm³/mol. The minimum Gasteiger partial charge on any atom is -0.376 e. The summed E-state index contributed by atoms with van der Waals surface area (Å²) >= 11 is 0. The Hall–Kier alpha value is -3.25. The highest BCUT2D eigenvalue weighted by atomic mass is 16.5. The molecule has 0 spiro atoms. The third-order valence-electron chi connectivity index (χ3n) is 5.21. The summed E-state index contributed by atoms with van der Waals surface area (Å²) in [5.74, 6) is -0.124. The van der Waals surface area contributed by atoms with E-state index in [9.17, 15) is 4.79 Å². The van der Waals surface area contributed by atoms with E-state index >= 15 is 0 Å². The van der Waals surface area contributed by atoms with Crippen LogP contribution in [0.2, 0.25) is 0 Å². The Morgan fingerprint density at radius 2 is 2.00 bits per heavy atom. The van der Waals surface area contributed by atoms with E-state index in [1.807, 2.05) is 59.1 Å². The smallest absolute Gasteiger partial charge is 0.254 e. The number of aromatic nitrogens is 3. The van der Waals surface area contributed by atoms with E-state index in [1.54, 1.807) is 6.33 Å². The van der Waals surface area contributed by atoms with Gasteiger partial charge in [-0.05, 0) is 25.0 Å². The SMILES string of the molecule is O=C(NCC1CCCO1)c1c2c(-c3ccccc3)ncnc2n2ccccc12. The Morgan fingerprint density at radius 3 is 2.82 bits per heavy atom. The van der Waals surface area contributed by atoms with Crippen LogP contribution < -0.4 is 5.32 Å². The minimum absolute atomic E-state index is 0.0916. The molecule has 4 aromatic rings. The summed E-state index contributed by atoms with van der Waals surface area (Å²) in [6.07, 6.45) is 5.60. The zero-order valence-corrected chi connectivity index (χ0v) is 15.3. The van der Waals surface area contributed by atoms with E-state index in [4.69, 9.17) is 4.74 Å². The summed E-state index contributed by atoms with van der Waals surface area (Å²) in [7, 11) is 0. The van der Waals surface area contributed by atoms with Gasteiger partial charge in [0, 0.05) is 24.9 Å². The largest absolute Gasteiger partial charge is 0.376 e. The molecule has 1 aliphatic rings. The van der Waals surface area contributed by atoms with Crippen LogP contribution in [0, 0.1) is 0 Å². The topological polar surface area (TPSA) is 68.5 Å². The number of nitrogens with zero attached hydrogens (tertiary/aromatic N) is 3. The molecule has 6 heteroatoms. The molecule has 1 N–H and O–H groups in total. The second kappa shape index (κ2) is 7.05. The Morgan fingerprint density at radius 1 is 1.14 bits per heavy atom. The first-order chi connectivity index (χ1) is 13.8. The number of carbonyl (C=O) groups is 1. The number of hydrogen-bond donors (Lipinski definition) is 1. The molecule has 3 aromatic heterocycles. The van der Waals surface area contributed by atoms with E-state index in [0.29, 0.717) is 12.1 Å². The number of amides is 1. The number of pyridine rings is 1. The van der Waals surface area contributed by atoms with Crippen molar-refractivity contribution >= 4 is 22.5 Å². The number of carbonyl (C=O) groups excluding carboxylic acids is 1. The fraction of sp³-hybridized carbons (Fsp3) is 0.227. The number of fused-ring (bicyclic) bond motifs is 3. The fourth-order valence-electron chi connectivity index (χ4n) is 3.89. The molecule has 0 aliphatic carbocycles. The zero-order chi connectivity index (χ0) is 18.9. The lowest BCUT2D eigenvalue weighted by Crippen LogP contribution is -2.31. The molecular weight excluding hydrogens is 352 g/mol. The molecule has 0 radical (unpaired) electrons. The highest BCUT2D eigenvalue weighted by molar-refractivity contribution is 6.16. The lowest BCUT2D eigenvalue weighted by molar-refractivity contribution is 0.0860. The first-order valence-corrected chi connectivity index (χ1v) is 9.52. The third kappa shape index (κ3) is 2.82. The van der Waals surface area contributed by atoms with Gasteiger partial charge in [-0.2, -0.15) is 0 Å². The molecule has 1 amide bonds. The van der Waals surface area contributed by atoms with Crippen LogP contribution in [0.5, 0.6) is 0 Å².